The Hall–Kier alpha value is -1.33. The van der Waals surface area contributed by atoms with Gasteiger partial charge in [-0.15, -0.1) is 12.4 Å². The third kappa shape index (κ3) is 3.08. The third-order valence-corrected chi connectivity index (χ3v) is 2.28. The Morgan fingerprint density at radius 1 is 1.56 bits per heavy atom. The van der Waals surface area contributed by atoms with Crippen molar-refractivity contribution in [3.8, 4) is 0 Å². The molecule has 1 aromatic heterocycles. The molecule has 1 aliphatic rings. The fourth-order valence-corrected chi connectivity index (χ4v) is 1.49. The first-order valence-electron chi connectivity index (χ1n) is 4.90. The van der Waals surface area contributed by atoms with Crippen molar-refractivity contribution >= 4 is 29.8 Å². The maximum absolute atomic E-state index is 11.6. The van der Waals surface area contributed by atoms with Crippen LogP contribution in [-0.4, -0.2) is 23.6 Å². The van der Waals surface area contributed by atoms with E-state index >= 15 is 0 Å². The van der Waals surface area contributed by atoms with Gasteiger partial charge in [0.1, 0.15) is 11.9 Å². The number of ether oxygens (including phenoxy) is 1. The summed E-state index contributed by atoms with van der Waals surface area (Å²) in [6, 6.07) is 3.36. The number of hydrogen-bond donors (Lipinski definition) is 2. The number of amides is 1. The number of aromatic nitrogens is 1. The first-order chi connectivity index (χ1) is 7.25. The number of nitrogens with two attached hydrogens (primary N) is 1. The molecule has 1 amide bonds. The highest BCUT2D eigenvalue weighted by Gasteiger charge is 2.23. The van der Waals surface area contributed by atoms with Gasteiger partial charge in [0, 0.05) is 6.61 Å². The second-order valence-electron chi connectivity index (χ2n) is 3.46. The third-order valence-electron chi connectivity index (χ3n) is 2.28. The number of carbonyl (C=O) groups is 1. The van der Waals surface area contributed by atoms with E-state index in [2.05, 4.69) is 10.3 Å². The molecule has 5 nitrogen and oxygen atoms in total. The number of nitrogens with one attached hydrogen (secondary N) is 1. The minimum Gasteiger partial charge on any atom is -0.384 e. The molecule has 1 atom stereocenters. The molecule has 2 heterocycles. The largest absolute Gasteiger partial charge is 0.384 e. The van der Waals surface area contributed by atoms with Crippen LogP contribution in [0.4, 0.5) is 11.5 Å². The number of carbonyl (C=O) groups excluding carboxylic acids is 1. The zero-order valence-electron chi connectivity index (χ0n) is 8.68. The summed E-state index contributed by atoms with van der Waals surface area (Å²) in [5.41, 5.74) is 6.07. The molecule has 0 aromatic carbocycles. The summed E-state index contributed by atoms with van der Waals surface area (Å²) in [5, 5.41) is 2.73. The molecule has 0 spiro atoms. The number of nitrogens with zero attached hydrogens (tertiary/aromatic N) is 1. The lowest BCUT2D eigenvalue weighted by Gasteiger charge is -2.09. The number of anilines is 2. The topological polar surface area (TPSA) is 77.2 Å². The average Bonchev–Trinajstić information content (AvgIpc) is 2.74. The Balaban J connectivity index is 0.00000128. The molecule has 2 rings (SSSR count). The van der Waals surface area contributed by atoms with Crippen molar-refractivity contribution in [2.75, 3.05) is 17.7 Å². The average molecular weight is 244 g/mol. The summed E-state index contributed by atoms with van der Waals surface area (Å²) < 4.78 is 5.25. The highest BCUT2D eigenvalue weighted by molar-refractivity contribution is 5.94. The molecule has 0 aliphatic carbocycles. The summed E-state index contributed by atoms with van der Waals surface area (Å²) in [6.07, 6.45) is 2.94. The minimum atomic E-state index is -0.317. The fourth-order valence-electron chi connectivity index (χ4n) is 1.49. The van der Waals surface area contributed by atoms with Crippen molar-refractivity contribution < 1.29 is 9.53 Å². The van der Waals surface area contributed by atoms with Crippen molar-refractivity contribution in [2.45, 2.75) is 18.9 Å². The van der Waals surface area contributed by atoms with Crippen molar-refractivity contribution in [3.05, 3.63) is 18.3 Å². The van der Waals surface area contributed by atoms with E-state index < -0.39 is 0 Å². The molecule has 1 aromatic rings. The van der Waals surface area contributed by atoms with Gasteiger partial charge >= 0.3 is 0 Å². The van der Waals surface area contributed by atoms with Crippen molar-refractivity contribution in [2.24, 2.45) is 0 Å². The standard InChI is InChI=1S/C10H13N3O2.ClH/c11-9-4-3-7(6-12-9)13-10(14)8-2-1-5-15-8;/h3-4,6,8H,1-2,5H2,(H2,11,12)(H,13,14);1H. The smallest absolute Gasteiger partial charge is 0.253 e. The van der Waals surface area contributed by atoms with Gasteiger partial charge in [-0.05, 0) is 25.0 Å². The minimum absolute atomic E-state index is 0. The molecular formula is C10H14ClN3O2. The molecule has 1 saturated heterocycles. The zero-order chi connectivity index (χ0) is 10.7. The zero-order valence-corrected chi connectivity index (χ0v) is 9.50. The Morgan fingerprint density at radius 2 is 2.38 bits per heavy atom. The van der Waals surface area contributed by atoms with Gasteiger partial charge < -0.3 is 15.8 Å². The molecule has 0 saturated carbocycles. The van der Waals surface area contributed by atoms with Gasteiger partial charge in [0.05, 0.1) is 11.9 Å². The van der Waals surface area contributed by atoms with Crippen LogP contribution in [0.25, 0.3) is 0 Å². The van der Waals surface area contributed by atoms with Crippen LogP contribution in [-0.2, 0) is 9.53 Å². The van der Waals surface area contributed by atoms with Crippen LogP contribution >= 0.6 is 12.4 Å². The molecule has 6 heteroatoms. The SMILES string of the molecule is Cl.Nc1ccc(NC(=O)C2CCCO2)cn1. The number of pyridine rings is 1. The van der Waals surface area contributed by atoms with Crippen LogP contribution in [0.3, 0.4) is 0 Å². The molecule has 0 bridgehead atoms. The van der Waals surface area contributed by atoms with Crippen LogP contribution in [0.15, 0.2) is 18.3 Å². The first kappa shape index (κ1) is 12.7. The van der Waals surface area contributed by atoms with E-state index in [1.165, 1.54) is 6.20 Å². The lowest BCUT2D eigenvalue weighted by Crippen LogP contribution is -2.26. The van der Waals surface area contributed by atoms with E-state index in [0.29, 0.717) is 18.1 Å². The lowest BCUT2D eigenvalue weighted by atomic mass is 10.2. The molecule has 1 fully saturated rings. The van der Waals surface area contributed by atoms with E-state index in [4.69, 9.17) is 10.5 Å². The van der Waals surface area contributed by atoms with Crippen molar-refractivity contribution in [1.29, 1.82) is 0 Å². The lowest BCUT2D eigenvalue weighted by molar-refractivity contribution is -0.124. The van der Waals surface area contributed by atoms with Crippen LogP contribution in [0.1, 0.15) is 12.8 Å². The summed E-state index contributed by atoms with van der Waals surface area (Å²) in [6.45, 7) is 0.665. The van der Waals surface area contributed by atoms with Crippen LogP contribution in [0, 0.1) is 0 Å². The summed E-state index contributed by atoms with van der Waals surface area (Å²) in [7, 11) is 0. The van der Waals surface area contributed by atoms with Gasteiger partial charge in [-0.1, -0.05) is 0 Å². The maximum Gasteiger partial charge on any atom is 0.253 e. The second-order valence-corrected chi connectivity index (χ2v) is 3.46. The first-order valence-corrected chi connectivity index (χ1v) is 4.90. The monoisotopic (exact) mass is 243 g/mol. The molecule has 88 valence electrons. The molecule has 3 N–H and O–H groups in total. The van der Waals surface area contributed by atoms with Gasteiger partial charge in [0.25, 0.3) is 5.91 Å². The number of rotatable bonds is 2. The molecule has 16 heavy (non-hydrogen) atoms. The van der Waals surface area contributed by atoms with Crippen LogP contribution < -0.4 is 11.1 Å². The molecule has 1 aliphatic heterocycles. The van der Waals surface area contributed by atoms with E-state index in [1.54, 1.807) is 12.1 Å². The normalized spacial score (nSPS) is 18.9. The highest BCUT2D eigenvalue weighted by atomic mass is 35.5. The van der Waals surface area contributed by atoms with Gasteiger partial charge in [-0.25, -0.2) is 4.98 Å². The van der Waals surface area contributed by atoms with Crippen molar-refractivity contribution in [1.82, 2.24) is 4.98 Å². The predicted molar refractivity (Wildman–Crippen MR) is 63.5 cm³/mol. The number of hydrogen-bond acceptors (Lipinski definition) is 4. The Labute approximate surface area is 99.8 Å². The number of halogens is 1. The van der Waals surface area contributed by atoms with Crippen LogP contribution in [0.2, 0.25) is 0 Å². The van der Waals surface area contributed by atoms with E-state index in [1.807, 2.05) is 0 Å². The van der Waals surface area contributed by atoms with Gasteiger partial charge in [-0.2, -0.15) is 0 Å². The number of nitrogen functional groups attached to an aromatic ring is 1. The van der Waals surface area contributed by atoms with Gasteiger partial charge in [0.15, 0.2) is 0 Å². The second kappa shape index (κ2) is 5.67. The molecule has 1 unspecified atom stereocenters. The quantitative estimate of drug-likeness (QED) is 0.818. The Morgan fingerprint density at radius 3 is 2.94 bits per heavy atom. The van der Waals surface area contributed by atoms with Gasteiger partial charge in [0.2, 0.25) is 0 Å². The van der Waals surface area contributed by atoms with E-state index in [9.17, 15) is 4.79 Å². The van der Waals surface area contributed by atoms with E-state index in [-0.39, 0.29) is 24.4 Å². The summed E-state index contributed by atoms with van der Waals surface area (Å²) in [4.78, 5) is 15.5. The predicted octanol–water partition coefficient (Wildman–Crippen LogP) is 1.20. The highest BCUT2D eigenvalue weighted by Crippen LogP contribution is 2.14. The molecule has 0 radical (unpaired) electrons. The van der Waals surface area contributed by atoms with Gasteiger partial charge in [-0.3, -0.25) is 4.79 Å². The Kier molecular flexibility index (Phi) is 4.52. The van der Waals surface area contributed by atoms with Crippen LogP contribution in [0.5, 0.6) is 0 Å². The summed E-state index contributed by atoms with van der Waals surface area (Å²) in [5.74, 6) is 0.323. The fraction of sp³-hybridized carbons (Fsp3) is 0.400. The van der Waals surface area contributed by atoms with Crippen molar-refractivity contribution in [3.63, 3.8) is 0 Å². The summed E-state index contributed by atoms with van der Waals surface area (Å²) >= 11 is 0. The van der Waals surface area contributed by atoms with E-state index in [0.717, 1.165) is 12.8 Å². The maximum atomic E-state index is 11.6. The Bertz CT molecular complexity index is 350. The molecular weight excluding hydrogens is 230 g/mol.